The summed E-state index contributed by atoms with van der Waals surface area (Å²) >= 11 is 1.89. The molecule has 1 aliphatic heterocycles. The van der Waals surface area contributed by atoms with Gasteiger partial charge in [-0.1, -0.05) is 18.6 Å². The summed E-state index contributed by atoms with van der Waals surface area (Å²) in [5.74, 6) is 2.48. The molecule has 1 saturated carbocycles. The van der Waals surface area contributed by atoms with E-state index < -0.39 is 0 Å². The summed E-state index contributed by atoms with van der Waals surface area (Å²) in [7, 11) is 0. The summed E-state index contributed by atoms with van der Waals surface area (Å²) in [6, 6.07) is 7.98. The molecule has 3 rings (SSSR count). The van der Waals surface area contributed by atoms with Crippen LogP contribution in [0.1, 0.15) is 31.2 Å². The zero-order chi connectivity index (χ0) is 16.8. The van der Waals surface area contributed by atoms with E-state index in [4.69, 9.17) is 0 Å². The number of thioether (sulfide) groups is 1. The normalized spacial score (nSPS) is 20.1. The van der Waals surface area contributed by atoms with E-state index in [0.717, 1.165) is 48.6 Å². The maximum absolute atomic E-state index is 12.1. The largest absolute Gasteiger partial charge is 0.352 e. The molecule has 7 heteroatoms. The SMILES string of the molecule is Cl.O=C(CC1CSCCN1)NCc1cccc(NC(=O)C2CCC2)c1. The third-order valence-corrected chi connectivity index (χ3v) is 5.72. The minimum absolute atomic E-state index is 0. The van der Waals surface area contributed by atoms with Crippen molar-refractivity contribution in [3.8, 4) is 0 Å². The Balaban J connectivity index is 0.00000225. The van der Waals surface area contributed by atoms with Crippen molar-refractivity contribution in [2.75, 3.05) is 23.4 Å². The van der Waals surface area contributed by atoms with E-state index >= 15 is 0 Å². The second-order valence-corrected chi connectivity index (χ2v) is 7.67. The molecule has 2 aliphatic rings. The molecule has 25 heavy (non-hydrogen) atoms. The summed E-state index contributed by atoms with van der Waals surface area (Å²) in [5, 5.41) is 9.32. The first-order valence-corrected chi connectivity index (χ1v) is 9.84. The number of carbonyl (C=O) groups is 2. The molecule has 0 radical (unpaired) electrons. The lowest BCUT2D eigenvalue weighted by Crippen LogP contribution is -2.41. The molecule has 2 amide bonds. The van der Waals surface area contributed by atoms with Crippen molar-refractivity contribution in [3.63, 3.8) is 0 Å². The number of benzene rings is 1. The second-order valence-electron chi connectivity index (χ2n) is 6.52. The van der Waals surface area contributed by atoms with E-state index in [1.165, 1.54) is 0 Å². The summed E-state index contributed by atoms with van der Waals surface area (Å²) in [6.45, 7) is 1.47. The molecule has 1 unspecified atom stereocenters. The van der Waals surface area contributed by atoms with Crippen LogP contribution in [-0.2, 0) is 16.1 Å². The van der Waals surface area contributed by atoms with Crippen molar-refractivity contribution < 1.29 is 9.59 Å². The van der Waals surface area contributed by atoms with Gasteiger partial charge in [0.15, 0.2) is 0 Å². The average molecular weight is 384 g/mol. The van der Waals surface area contributed by atoms with Crippen LogP contribution in [0.4, 0.5) is 5.69 Å². The molecule has 2 fully saturated rings. The first-order valence-electron chi connectivity index (χ1n) is 8.68. The van der Waals surface area contributed by atoms with E-state index in [1.54, 1.807) is 0 Å². The highest BCUT2D eigenvalue weighted by atomic mass is 35.5. The fourth-order valence-electron chi connectivity index (χ4n) is 2.92. The van der Waals surface area contributed by atoms with Gasteiger partial charge in [-0.2, -0.15) is 11.8 Å². The smallest absolute Gasteiger partial charge is 0.227 e. The van der Waals surface area contributed by atoms with E-state index in [1.807, 2.05) is 36.0 Å². The molecule has 1 aromatic rings. The van der Waals surface area contributed by atoms with Gasteiger partial charge in [0.2, 0.25) is 11.8 Å². The van der Waals surface area contributed by atoms with E-state index in [2.05, 4.69) is 16.0 Å². The Bertz CT molecular complexity index is 589. The van der Waals surface area contributed by atoms with Gasteiger partial charge in [-0.25, -0.2) is 0 Å². The van der Waals surface area contributed by atoms with Gasteiger partial charge in [0.25, 0.3) is 0 Å². The Morgan fingerprint density at radius 2 is 2.12 bits per heavy atom. The van der Waals surface area contributed by atoms with Crippen molar-refractivity contribution in [2.45, 2.75) is 38.3 Å². The third kappa shape index (κ3) is 6.20. The van der Waals surface area contributed by atoms with Gasteiger partial charge in [0, 0.05) is 48.7 Å². The van der Waals surface area contributed by atoms with Crippen LogP contribution in [0, 0.1) is 5.92 Å². The molecule has 1 aromatic carbocycles. The molecule has 5 nitrogen and oxygen atoms in total. The summed E-state index contributed by atoms with van der Waals surface area (Å²) in [6.07, 6.45) is 3.66. The maximum atomic E-state index is 12.1. The zero-order valence-corrected chi connectivity index (χ0v) is 15.9. The molecular formula is C18H26ClN3O2S. The Hall–Kier alpha value is -1.24. The molecule has 1 saturated heterocycles. The number of nitrogens with one attached hydrogen (secondary N) is 3. The minimum Gasteiger partial charge on any atom is -0.352 e. The fraction of sp³-hybridized carbons (Fsp3) is 0.556. The van der Waals surface area contributed by atoms with Gasteiger partial charge >= 0.3 is 0 Å². The van der Waals surface area contributed by atoms with Gasteiger partial charge in [0.05, 0.1) is 0 Å². The van der Waals surface area contributed by atoms with Gasteiger partial charge in [-0.15, -0.1) is 12.4 Å². The van der Waals surface area contributed by atoms with Crippen molar-refractivity contribution in [2.24, 2.45) is 5.92 Å². The van der Waals surface area contributed by atoms with Crippen LogP contribution in [0.3, 0.4) is 0 Å². The minimum atomic E-state index is 0. The van der Waals surface area contributed by atoms with E-state index in [9.17, 15) is 9.59 Å². The summed E-state index contributed by atoms with van der Waals surface area (Å²) in [5.41, 5.74) is 1.81. The first kappa shape index (κ1) is 20.1. The van der Waals surface area contributed by atoms with Crippen molar-refractivity contribution in [3.05, 3.63) is 29.8 Å². The number of carbonyl (C=O) groups excluding carboxylic acids is 2. The molecule has 0 bridgehead atoms. The lowest BCUT2D eigenvalue weighted by Gasteiger charge is -2.24. The topological polar surface area (TPSA) is 70.2 Å². The molecule has 1 aliphatic carbocycles. The number of anilines is 1. The van der Waals surface area contributed by atoms with Crippen LogP contribution in [0.25, 0.3) is 0 Å². The highest BCUT2D eigenvalue weighted by molar-refractivity contribution is 7.99. The third-order valence-electron chi connectivity index (χ3n) is 4.59. The number of halogens is 1. The van der Waals surface area contributed by atoms with Gasteiger partial charge in [0.1, 0.15) is 0 Å². The van der Waals surface area contributed by atoms with Crippen molar-refractivity contribution in [1.29, 1.82) is 0 Å². The van der Waals surface area contributed by atoms with Crippen molar-refractivity contribution >= 4 is 41.7 Å². The molecule has 3 N–H and O–H groups in total. The molecular weight excluding hydrogens is 358 g/mol. The van der Waals surface area contributed by atoms with E-state index in [0.29, 0.717) is 13.0 Å². The Kier molecular flexibility index (Phi) is 8.06. The second kappa shape index (κ2) is 10.0. The molecule has 1 heterocycles. The molecule has 0 spiro atoms. The summed E-state index contributed by atoms with van der Waals surface area (Å²) < 4.78 is 0. The fourth-order valence-corrected chi connectivity index (χ4v) is 3.87. The highest BCUT2D eigenvalue weighted by Gasteiger charge is 2.25. The first-order chi connectivity index (χ1) is 11.7. The monoisotopic (exact) mass is 383 g/mol. The molecule has 1 atom stereocenters. The van der Waals surface area contributed by atoms with Crippen LogP contribution >= 0.6 is 24.2 Å². The van der Waals surface area contributed by atoms with Crippen LogP contribution in [0.15, 0.2) is 24.3 Å². The van der Waals surface area contributed by atoms with Crippen LogP contribution < -0.4 is 16.0 Å². The van der Waals surface area contributed by atoms with Crippen LogP contribution in [0.5, 0.6) is 0 Å². The van der Waals surface area contributed by atoms with Crippen molar-refractivity contribution in [1.82, 2.24) is 10.6 Å². The Labute approximate surface area is 159 Å². The van der Waals surface area contributed by atoms with Gasteiger partial charge < -0.3 is 16.0 Å². The average Bonchev–Trinajstić information content (AvgIpc) is 2.52. The molecule has 0 aromatic heterocycles. The van der Waals surface area contributed by atoms with E-state index in [-0.39, 0.29) is 36.2 Å². The molecule has 138 valence electrons. The lowest BCUT2D eigenvalue weighted by atomic mass is 9.85. The number of rotatable bonds is 6. The highest BCUT2D eigenvalue weighted by Crippen LogP contribution is 2.27. The number of hydrogen-bond acceptors (Lipinski definition) is 4. The standard InChI is InChI=1S/C18H25N3O2S.ClH/c22-17(10-16-12-24-8-7-19-16)20-11-13-3-1-6-15(9-13)21-18(23)14-4-2-5-14;/h1,3,6,9,14,16,19H,2,4-5,7-8,10-12H2,(H,20,22)(H,21,23);1H. The predicted octanol–water partition coefficient (Wildman–Crippen LogP) is 2.56. The van der Waals surface area contributed by atoms with Gasteiger partial charge in [-0.05, 0) is 30.5 Å². The Morgan fingerprint density at radius 1 is 1.28 bits per heavy atom. The van der Waals surface area contributed by atoms with Gasteiger partial charge in [-0.3, -0.25) is 9.59 Å². The maximum Gasteiger partial charge on any atom is 0.227 e. The quantitative estimate of drug-likeness (QED) is 0.706. The van der Waals surface area contributed by atoms with Crippen LogP contribution in [0.2, 0.25) is 0 Å². The Morgan fingerprint density at radius 3 is 2.80 bits per heavy atom. The number of hydrogen-bond donors (Lipinski definition) is 3. The predicted molar refractivity (Wildman–Crippen MR) is 105 cm³/mol. The number of amides is 2. The lowest BCUT2D eigenvalue weighted by molar-refractivity contribution is -0.122. The summed E-state index contributed by atoms with van der Waals surface area (Å²) in [4.78, 5) is 24.1. The van der Waals surface area contributed by atoms with Crippen LogP contribution in [-0.4, -0.2) is 35.9 Å². The zero-order valence-electron chi connectivity index (χ0n) is 14.3.